The molecule has 0 spiro atoms. The van der Waals surface area contributed by atoms with Gasteiger partial charge in [0, 0.05) is 5.69 Å². The highest BCUT2D eigenvalue weighted by Gasteiger charge is 2.22. The standard InChI is InChI=1S/C25H31N3O3/c1-17(2)15-22(23(29)27-14-13-26)20-8-6-7-19(16-20)18-9-11-21(12-10-18)28-24(30)31-25(3,4)5/h6-12,16-17,22H,14-15H2,1-5H3,(H,27,29)(H,28,30). The molecular weight excluding hydrogens is 390 g/mol. The van der Waals surface area contributed by atoms with Gasteiger partial charge in [-0.15, -0.1) is 0 Å². The highest BCUT2D eigenvalue weighted by Crippen LogP contribution is 2.29. The maximum Gasteiger partial charge on any atom is 0.412 e. The van der Waals surface area contributed by atoms with Crippen LogP contribution in [-0.2, 0) is 9.53 Å². The summed E-state index contributed by atoms with van der Waals surface area (Å²) < 4.78 is 5.27. The fraction of sp³-hybridized carbons (Fsp3) is 0.400. The van der Waals surface area contributed by atoms with Crippen molar-refractivity contribution in [3.05, 3.63) is 54.1 Å². The van der Waals surface area contributed by atoms with Crippen molar-refractivity contribution in [2.75, 3.05) is 11.9 Å². The number of ether oxygens (including phenoxy) is 1. The van der Waals surface area contributed by atoms with E-state index in [1.807, 2.05) is 75.4 Å². The van der Waals surface area contributed by atoms with Crippen LogP contribution in [0.25, 0.3) is 11.1 Å². The molecule has 0 aromatic heterocycles. The molecule has 2 N–H and O–H groups in total. The fourth-order valence-corrected chi connectivity index (χ4v) is 3.22. The van der Waals surface area contributed by atoms with E-state index in [1.54, 1.807) is 0 Å². The number of carbonyl (C=O) groups excluding carboxylic acids is 2. The van der Waals surface area contributed by atoms with Crippen molar-refractivity contribution in [3.8, 4) is 17.2 Å². The second kappa shape index (κ2) is 10.6. The zero-order valence-electron chi connectivity index (χ0n) is 18.9. The topological polar surface area (TPSA) is 91.2 Å². The van der Waals surface area contributed by atoms with E-state index in [4.69, 9.17) is 10.00 Å². The van der Waals surface area contributed by atoms with Crippen molar-refractivity contribution in [2.45, 2.75) is 52.6 Å². The third kappa shape index (κ3) is 7.78. The van der Waals surface area contributed by atoms with Crippen molar-refractivity contribution >= 4 is 17.7 Å². The zero-order valence-corrected chi connectivity index (χ0v) is 18.9. The van der Waals surface area contributed by atoms with Crippen LogP contribution in [0.5, 0.6) is 0 Å². The molecule has 0 fully saturated rings. The summed E-state index contributed by atoms with van der Waals surface area (Å²) in [4.78, 5) is 24.6. The molecule has 2 amide bonds. The molecule has 0 saturated carbocycles. The summed E-state index contributed by atoms with van der Waals surface area (Å²) in [7, 11) is 0. The molecule has 0 saturated heterocycles. The van der Waals surface area contributed by atoms with E-state index in [0.29, 0.717) is 18.0 Å². The van der Waals surface area contributed by atoms with Crippen molar-refractivity contribution in [1.82, 2.24) is 5.32 Å². The number of benzene rings is 2. The fourth-order valence-electron chi connectivity index (χ4n) is 3.22. The Morgan fingerprint density at radius 3 is 2.32 bits per heavy atom. The quantitative estimate of drug-likeness (QED) is 0.580. The van der Waals surface area contributed by atoms with Crippen LogP contribution in [0.4, 0.5) is 10.5 Å². The van der Waals surface area contributed by atoms with Gasteiger partial charge in [-0.05, 0) is 61.9 Å². The smallest absolute Gasteiger partial charge is 0.412 e. The molecule has 0 heterocycles. The van der Waals surface area contributed by atoms with Gasteiger partial charge in [-0.3, -0.25) is 10.1 Å². The summed E-state index contributed by atoms with van der Waals surface area (Å²) in [6.45, 7) is 9.59. The van der Waals surface area contributed by atoms with E-state index >= 15 is 0 Å². The lowest BCUT2D eigenvalue weighted by molar-refractivity contribution is -0.122. The van der Waals surface area contributed by atoms with Crippen LogP contribution in [0.15, 0.2) is 48.5 Å². The Hall–Kier alpha value is -3.33. The lowest BCUT2D eigenvalue weighted by atomic mass is 9.88. The van der Waals surface area contributed by atoms with Gasteiger partial charge < -0.3 is 10.1 Å². The molecule has 1 unspecified atom stereocenters. The van der Waals surface area contributed by atoms with E-state index in [0.717, 1.165) is 16.7 Å². The summed E-state index contributed by atoms with van der Waals surface area (Å²) in [5, 5.41) is 14.2. The SMILES string of the molecule is CC(C)CC(C(=O)NCC#N)c1cccc(-c2ccc(NC(=O)OC(C)(C)C)cc2)c1. The molecule has 0 bridgehead atoms. The summed E-state index contributed by atoms with van der Waals surface area (Å²) >= 11 is 0. The summed E-state index contributed by atoms with van der Waals surface area (Å²) in [6, 6.07) is 17.3. The molecule has 2 aromatic rings. The third-order valence-electron chi connectivity index (χ3n) is 4.52. The lowest BCUT2D eigenvalue weighted by Crippen LogP contribution is -2.30. The molecule has 2 rings (SSSR count). The molecule has 6 nitrogen and oxygen atoms in total. The molecule has 0 aliphatic carbocycles. The minimum Gasteiger partial charge on any atom is -0.444 e. The Morgan fingerprint density at radius 2 is 1.74 bits per heavy atom. The second-order valence-electron chi connectivity index (χ2n) is 8.89. The van der Waals surface area contributed by atoms with Crippen LogP contribution in [0.1, 0.15) is 52.5 Å². The highest BCUT2D eigenvalue weighted by atomic mass is 16.6. The number of rotatable bonds is 7. The first-order valence-corrected chi connectivity index (χ1v) is 10.4. The van der Waals surface area contributed by atoms with Crippen molar-refractivity contribution in [3.63, 3.8) is 0 Å². The van der Waals surface area contributed by atoms with Gasteiger partial charge in [0.05, 0.1) is 12.0 Å². The Balaban J connectivity index is 2.20. The predicted octanol–water partition coefficient (Wildman–Crippen LogP) is 5.47. The first-order valence-electron chi connectivity index (χ1n) is 10.4. The number of nitrogens with zero attached hydrogens (tertiary/aromatic N) is 1. The molecule has 6 heteroatoms. The number of hydrogen-bond donors (Lipinski definition) is 2. The van der Waals surface area contributed by atoms with Gasteiger partial charge >= 0.3 is 6.09 Å². The van der Waals surface area contributed by atoms with Gasteiger partial charge in [0.2, 0.25) is 5.91 Å². The molecule has 2 aromatic carbocycles. The van der Waals surface area contributed by atoms with Crippen LogP contribution >= 0.6 is 0 Å². The van der Waals surface area contributed by atoms with E-state index in [-0.39, 0.29) is 18.4 Å². The van der Waals surface area contributed by atoms with E-state index < -0.39 is 11.7 Å². The molecule has 0 aliphatic rings. The van der Waals surface area contributed by atoms with Gasteiger partial charge in [-0.1, -0.05) is 50.2 Å². The number of hydrogen-bond acceptors (Lipinski definition) is 4. The number of nitrogens with one attached hydrogen (secondary N) is 2. The number of amides is 2. The monoisotopic (exact) mass is 421 g/mol. The number of nitriles is 1. The van der Waals surface area contributed by atoms with Crippen LogP contribution in [-0.4, -0.2) is 24.1 Å². The average molecular weight is 422 g/mol. The zero-order chi connectivity index (χ0) is 23.0. The van der Waals surface area contributed by atoms with Gasteiger partial charge in [-0.2, -0.15) is 5.26 Å². The molecule has 1 atom stereocenters. The highest BCUT2D eigenvalue weighted by molar-refractivity contribution is 5.86. The maximum atomic E-state index is 12.6. The first-order chi connectivity index (χ1) is 14.6. The normalized spacial score (nSPS) is 12.0. The van der Waals surface area contributed by atoms with Crippen LogP contribution < -0.4 is 10.6 Å². The van der Waals surface area contributed by atoms with Crippen LogP contribution in [0.2, 0.25) is 0 Å². The van der Waals surface area contributed by atoms with Crippen LogP contribution in [0, 0.1) is 17.2 Å². The van der Waals surface area contributed by atoms with E-state index in [1.165, 1.54) is 0 Å². The summed E-state index contributed by atoms with van der Waals surface area (Å²) in [5.41, 5.74) is 2.94. The third-order valence-corrected chi connectivity index (χ3v) is 4.52. The van der Waals surface area contributed by atoms with Crippen molar-refractivity contribution in [2.24, 2.45) is 5.92 Å². The maximum absolute atomic E-state index is 12.6. The number of anilines is 1. The van der Waals surface area contributed by atoms with E-state index in [2.05, 4.69) is 24.5 Å². The Kier molecular flexibility index (Phi) is 8.21. The summed E-state index contributed by atoms with van der Waals surface area (Å²) in [6.07, 6.45) is 0.196. The lowest BCUT2D eigenvalue weighted by Gasteiger charge is -2.20. The first kappa shape index (κ1) is 23.9. The Bertz CT molecular complexity index is 938. The minimum absolute atomic E-state index is 0.000764. The molecule has 0 radical (unpaired) electrons. The minimum atomic E-state index is -0.559. The average Bonchev–Trinajstić information content (AvgIpc) is 2.69. The van der Waals surface area contributed by atoms with Crippen molar-refractivity contribution in [1.29, 1.82) is 5.26 Å². The second-order valence-corrected chi connectivity index (χ2v) is 8.89. The largest absolute Gasteiger partial charge is 0.444 e. The van der Waals surface area contributed by atoms with Crippen LogP contribution in [0.3, 0.4) is 0 Å². The van der Waals surface area contributed by atoms with Gasteiger partial charge in [0.25, 0.3) is 0 Å². The molecule has 0 aliphatic heterocycles. The van der Waals surface area contributed by atoms with Gasteiger partial charge in [0.15, 0.2) is 0 Å². The van der Waals surface area contributed by atoms with E-state index in [9.17, 15) is 9.59 Å². The van der Waals surface area contributed by atoms with Gasteiger partial charge in [-0.25, -0.2) is 4.79 Å². The summed E-state index contributed by atoms with van der Waals surface area (Å²) in [5.74, 6) is -0.120. The molecule has 164 valence electrons. The van der Waals surface area contributed by atoms with Crippen molar-refractivity contribution < 1.29 is 14.3 Å². The predicted molar refractivity (Wildman–Crippen MR) is 123 cm³/mol. The number of carbonyl (C=O) groups is 2. The molecular formula is C25H31N3O3. The Labute approximate surface area is 184 Å². The molecule has 31 heavy (non-hydrogen) atoms. The van der Waals surface area contributed by atoms with Gasteiger partial charge in [0.1, 0.15) is 12.1 Å². The Morgan fingerprint density at radius 1 is 1.06 bits per heavy atom.